The van der Waals surface area contributed by atoms with Crippen LogP contribution in [0.1, 0.15) is 16.8 Å². The van der Waals surface area contributed by atoms with Crippen LogP contribution in [0.25, 0.3) is 0 Å². The van der Waals surface area contributed by atoms with Crippen LogP contribution in [0.15, 0.2) is 36.7 Å². The Kier molecular flexibility index (Phi) is 4.81. The first-order valence-corrected chi connectivity index (χ1v) is 6.90. The molecule has 1 aromatic heterocycles. The van der Waals surface area contributed by atoms with E-state index in [0.29, 0.717) is 17.8 Å². The maximum atomic E-state index is 12.3. The zero-order valence-electron chi connectivity index (χ0n) is 12.4. The molecule has 2 rings (SSSR count). The Balaban J connectivity index is 1.92. The predicted molar refractivity (Wildman–Crippen MR) is 84.4 cm³/mol. The van der Waals surface area contributed by atoms with Crippen molar-refractivity contribution < 1.29 is 4.79 Å². The molecule has 0 radical (unpaired) electrons. The Morgan fingerprint density at radius 3 is 2.90 bits per heavy atom. The number of nitrogen functional groups attached to an aromatic ring is 1. The molecule has 1 aromatic carbocycles. The van der Waals surface area contributed by atoms with E-state index in [2.05, 4.69) is 10.4 Å². The van der Waals surface area contributed by atoms with Crippen LogP contribution in [0.4, 0.5) is 11.4 Å². The number of nitrogens with two attached hydrogens (primary N) is 1. The molecule has 0 unspecified atom stereocenters. The summed E-state index contributed by atoms with van der Waals surface area (Å²) in [5.41, 5.74) is 7.81. The lowest BCUT2D eigenvalue weighted by atomic mass is 10.1. The number of nitrogens with zero attached hydrogens (tertiary/aromatic N) is 3. The minimum atomic E-state index is -0.105. The van der Waals surface area contributed by atoms with Crippen molar-refractivity contribution in [3.8, 4) is 0 Å². The van der Waals surface area contributed by atoms with Crippen LogP contribution in [0.3, 0.4) is 0 Å². The Morgan fingerprint density at radius 1 is 1.43 bits per heavy atom. The number of amides is 1. The molecule has 6 nitrogen and oxygen atoms in total. The molecule has 0 aliphatic heterocycles. The normalized spacial score (nSPS) is 10.4. The monoisotopic (exact) mass is 287 g/mol. The molecule has 0 spiro atoms. The number of hydrogen-bond acceptors (Lipinski definition) is 4. The van der Waals surface area contributed by atoms with E-state index in [-0.39, 0.29) is 5.91 Å². The molecule has 1 heterocycles. The van der Waals surface area contributed by atoms with Crippen molar-refractivity contribution in [3.63, 3.8) is 0 Å². The van der Waals surface area contributed by atoms with Gasteiger partial charge in [0, 0.05) is 51.0 Å². The van der Waals surface area contributed by atoms with Crippen LogP contribution in [-0.2, 0) is 6.54 Å². The van der Waals surface area contributed by atoms with Gasteiger partial charge in [-0.3, -0.25) is 9.48 Å². The molecular weight excluding hydrogens is 266 g/mol. The minimum Gasteiger partial charge on any atom is -0.399 e. The molecule has 0 aliphatic rings. The van der Waals surface area contributed by atoms with E-state index in [4.69, 9.17) is 5.73 Å². The van der Waals surface area contributed by atoms with Crippen LogP contribution in [0.5, 0.6) is 0 Å². The summed E-state index contributed by atoms with van der Waals surface area (Å²) in [5, 5.41) is 7.04. The third kappa shape index (κ3) is 3.98. The molecule has 0 saturated carbocycles. The van der Waals surface area contributed by atoms with Crippen LogP contribution >= 0.6 is 0 Å². The van der Waals surface area contributed by atoms with Gasteiger partial charge in [-0.05, 0) is 30.7 Å². The highest BCUT2D eigenvalue weighted by Gasteiger charge is 2.12. The largest absolute Gasteiger partial charge is 0.399 e. The third-order valence-electron chi connectivity index (χ3n) is 3.16. The van der Waals surface area contributed by atoms with E-state index in [9.17, 15) is 4.79 Å². The van der Waals surface area contributed by atoms with Gasteiger partial charge >= 0.3 is 0 Å². The summed E-state index contributed by atoms with van der Waals surface area (Å²) >= 11 is 0. The molecular formula is C15H21N5O. The van der Waals surface area contributed by atoms with Gasteiger partial charge < -0.3 is 16.0 Å². The molecule has 0 aliphatic carbocycles. The summed E-state index contributed by atoms with van der Waals surface area (Å²) in [6, 6.07) is 7.24. The summed E-state index contributed by atoms with van der Waals surface area (Å²) in [5.74, 6) is -0.105. The number of benzene rings is 1. The Bertz CT molecular complexity index is 592. The maximum absolute atomic E-state index is 12.3. The fourth-order valence-electron chi connectivity index (χ4n) is 2.10. The highest BCUT2D eigenvalue weighted by atomic mass is 16.1. The minimum absolute atomic E-state index is 0.105. The Hall–Kier alpha value is -2.50. The summed E-state index contributed by atoms with van der Waals surface area (Å²) in [7, 11) is 3.81. The highest BCUT2D eigenvalue weighted by Crippen LogP contribution is 2.21. The topological polar surface area (TPSA) is 76.2 Å². The zero-order valence-corrected chi connectivity index (χ0v) is 12.4. The van der Waals surface area contributed by atoms with E-state index in [0.717, 1.165) is 18.7 Å². The van der Waals surface area contributed by atoms with Crippen molar-refractivity contribution in [2.75, 3.05) is 31.3 Å². The number of aromatic nitrogens is 2. The van der Waals surface area contributed by atoms with E-state index in [1.807, 2.05) is 42.0 Å². The van der Waals surface area contributed by atoms with Crippen molar-refractivity contribution in [1.82, 2.24) is 15.1 Å². The summed E-state index contributed by atoms with van der Waals surface area (Å²) in [4.78, 5) is 14.2. The molecule has 1 amide bonds. The van der Waals surface area contributed by atoms with Crippen molar-refractivity contribution in [2.24, 2.45) is 0 Å². The average molecular weight is 287 g/mol. The fraction of sp³-hybridized carbons (Fsp3) is 0.333. The van der Waals surface area contributed by atoms with Crippen LogP contribution in [-0.4, -0.2) is 36.3 Å². The zero-order chi connectivity index (χ0) is 15.2. The molecule has 6 heteroatoms. The second-order valence-electron chi connectivity index (χ2n) is 5.05. The second-order valence-corrected chi connectivity index (χ2v) is 5.05. The predicted octanol–water partition coefficient (Wildman–Crippen LogP) is 1.35. The SMILES string of the molecule is CN(C)c1ccc(N)cc1C(=O)NCCCn1cccn1. The lowest BCUT2D eigenvalue weighted by Gasteiger charge is -2.17. The standard InChI is InChI=1S/C15H21N5O/c1-19(2)14-6-5-12(16)11-13(14)15(21)17-7-3-9-20-10-4-8-18-20/h4-6,8,10-11H,3,7,9,16H2,1-2H3,(H,17,21). The third-order valence-corrected chi connectivity index (χ3v) is 3.16. The summed E-state index contributed by atoms with van der Waals surface area (Å²) < 4.78 is 1.85. The Labute approximate surface area is 124 Å². The van der Waals surface area contributed by atoms with Crippen molar-refractivity contribution in [3.05, 3.63) is 42.2 Å². The second kappa shape index (κ2) is 6.78. The molecule has 0 fully saturated rings. The number of rotatable bonds is 6. The molecule has 0 saturated heterocycles. The van der Waals surface area contributed by atoms with Gasteiger partial charge in [0.2, 0.25) is 0 Å². The molecule has 2 aromatic rings. The first-order valence-electron chi connectivity index (χ1n) is 6.90. The number of nitrogens with one attached hydrogen (secondary N) is 1. The first-order chi connectivity index (χ1) is 10.1. The van der Waals surface area contributed by atoms with Gasteiger partial charge in [-0.2, -0.15) is 5.10 Å². The lowest BCUT2D eigenvalue weighted by Crippen LogP contribution is -2.27. The molecule has 21 heavy (non-hydrogen) atoms. The number of carbonyl (C=O) groups is 1. The van der Waals surface area contributed by atoms with E-state index in [1.54, 1.807) is 18.3 Å². The van der Waals surface area contributed by atoms with Gasteiger partial charge in [0.15, 0.2) is 0 Å². The van der Waals surface area contributed by atoms with E-state index in [1.165, 1.54) is 0 Å². The summed E-state index contributed by atoms with van der Waals surface area (Å²) in [6.45, 7) is 1.38. The molecule has 3 N–H and O–H groups in total. The van der Waals surface area contributed by atoms with Crippen LogP contribution < -0.4 is 16.0 Å². The number of hydrogen-bond donors (Lipinski definition) is 2. The lowest BCUT2D eigenvalue weighted by molar-refractivity contribution is 0.0953. The van der Waals surface area contributed by atoms with Gasteiger partial charge in [0.05, 0.1) is 5.56 Å². The number of anilines is 2. The number of aryl methyl sites for hydroxylation is 1. The number of carbonyl (C=O) groups excluding carboxylic acids is 1. The van der Waals surface area contributed by atoms with Gasteiger partial charge in [-0.1, -0.05) is 0 Å². The maximum Gasteiger partial charge on any atom is 0.253 e. The van der Waals surface area contributed by atoms with Crippen molar-refractivity contribution in [2.45, 2.75) is 13.0 Å². The van der Waals surface area contributed by atoms with Gasteiger partial charge in [0.25, 0.3) is 5.91 Å². The van der Waals surface area contributed by atoms with Gasteiger partial charge in [0.1, 0.15) is 0 Å². The van der Waals surface area contributed by atoms with Gasteiger partial charge in [-0.15, -0.1) is 0 Å². The van der Waals surface area contributed by atoms with E-state index >= 15 is 0 Å². The van der Waals surface area contributed by atoms with Crippen LogP contribution in [0.2, 0.25) is 0 Å². The quantitative estimate of drug-likeness (QED) is 0.621. The smallest absolute Gasteiger partial charge is 0.253 e. The van der Waals surface area contributed by atoms with Crippen molar-refractivity contribution >= 4 is 17.3 Å². The molecule has 112 valence electrons. The van der Waals surface area contributed by atoms with Crippen LogP contribution in [0, 0.1) is 0 Å². The molecule has 0 bridgehead atoms. The van der Waals surface area contributed by atoms with Gasteiger partial charge in [-0.25, -0.2) is 0 Å². The average Bonchev–Trinajstić information content (AvgIpc) is 2.96. The highest BCUT2D eigenvalue weighted by molar-refractivity contribution is 6.00. The van der Waals surface area contributed by atoms with Crippen molar-refractivity contribution in [1.29, 1.82) is 0 Å². The fourth-order valence-corrected chi connectivity index (χ4v) is 2.10. The Morgan fingerprint density at radius 2 is 2.24 bits per heavy atom. The first kappa shape index (κ1) is 14.9. The summed E-state index contributed by atoms with van der Waals surface area (Å²) in [6.07, 6.45) is 4.48. The molecule has 0 atom stereocenters. The van der Waals surface area contributed by atoms with E-state index < -0.39 is 0 Å².